The van der Waals surface area contributed by atoms with E-state index in [1.165, 1.54) is 23.3 Å². The molecule has 0 radical (unpaired) electrons. The molecule has 1 saturated carbocycles. The third-order valence-electron chi connectivity index (χ3n) is 4.35. The first-order chi connectivity index (χ1) is 9.25. The van der Waals surface area contributed by atoms with Crippen LogP contribution in [0.2, 0.25) is 0 Å². The summed E-state index contributed by atoms with van der Waals surface area (Å²) in [5.74, 6) is 0.0188. The van der Waals surface area contributed by atoms with Crippen LogP contribution in [0, 0.1) is 0 Å². The number of hydrogen-bond acceptors (Lipinski definition) is 3. The molecule has 3 rings (SSSR count). The molecule has 3 nitrogen and oxygen atoms in total. The monoisotopic (exact) mass is 279 g/mol. The minimum absolute atomic E-state index is 0.0188. The second-order valence-electron chi connectivity index (χ2n) is 5.69. The number of aliphatic hydroxyl groups is 1. The normalized spacial score (nSPS) is 26.8. The van der Waals surface area contributed by atoms with E-state index >= 15 is 0 Å². The predicted molar refractivity (Wildman–Crippen MR) is 76.7 cm³/mol. The minimum Gasteiger partial charge on any atom is -0.391 e. The SMILES string of the molecule is O=C(NC1CCCCC1O)c1csc2c1CCCC2. The van der Waals surface area contributed by atoms with E-state index in [1.807, 2.05) is 5.38 Å². The largest absolute Gasteiger partial charge is 0.391 e. The maximum atomic E-state index is 12.4. The fourth-order valence-electron chi connectivity index (χ4n) is 3.21. The number of hydrogen-bond donors (Lipinski definition) is 2. The molecule has 1 fully saturated rings. The topological polar surface area (TPSA) is 49.3 Å². The van der Waals surface area contributed by atoms with Crippen molar-refractivity contribution in [1.29, 1.82) is 0 Å². The molecule has 0 aliphatic heterocycles. The van der Waals surface area contributed by atoms with E-state index in [9.17, 15) is 9.90 Å². The molecule has 2 aliphatic rings. The van der Waals surface area contributed by atoms with Gasteiger partial charge >= 0.3 is 0 Å². The van der Waals surface area contributed by atoms with Gasteiger partial charge in [-0.05, 0) is 44.1 Å². The molecular weight excluding hydrogens is 258 g/mol. The quantitative estimate of drug-likeness (QED) is 0.874. The molecule has 4 heteroatoms. The molecule has 0 bridgehead atoms. The average molecular weight is 279 g/mol. The molecule has 104 valence electrons. The molecule has 1 aromatic heterocycles. The van der Waals surface area contributed by atoms with Crippen LogP contribution in [-0.4, -0.2) is 23.2 Å². The second kappa shape index (κ2) is 5.63. The van der Waals surface area contributed by atoms with Gasteiger partial charge in [0, 0.05) is 10.3 Å². The third-order valence-corrected chi connectivity index (χ3v) is 5.44. The van der Waals surface area contributed by atoms with Gasteiger partial charge in [-0.15, -0.1) is 11.3 Å². The highest BCUT2D eigenvalue weighted by Crippen LogP contribution is 2.30. The molecular formula is C15H21NO2S. The number of carbonyl (C=O) groups is 1. The number of nitrogens with one attached hydrogen (secondary N) is 1. The zero-order valence-electron chi connectivity index (χ0n) is 11.2. The first kappa shape index (κ1) is 13.1. The third kappa shape index (κ3) is 2.70. The summed E-state index contributed by atoms with van der Waals surface area (Å²) in [6, 6.07) is -0.0552. The summed E-state index contributed by atoms with van der Waals surface area (Å²) >= 11 is 1.72. The van der Waals surface area contributed by atoms with Crippen molar-refractivity contribution in [2.24, 2.45) is 0 Å². The number of rotatable bonds is 2. The fourth-order valence-corrected chi connectivity index (χ4v) is 4.34. The Kier molecular flexibility index (Phi) is 3.89. The van der Waals surface area contributed by atoms with Crippen molar-refractivity contribution < 1.29 is 9.90 Å². The van der Waals surface area contributed by atoms with E-state index in [0.717, 1.165) is 44.1 Å². The molecule has 1 heterocycles. The van der Waals surface area contributed by atoms with Crippen molar-refractivity contribution in [3.05, 3.63) is 21.4 Å². The van der Waals surface area contributed by atoms with Crippen molar-refractivity contribution in [3.8, 4) is 0 Å². The number of aliphatic hydroxyl groups excluding tert-OH is 1. The molecule has 19 heavy (non-hydrogen) atoms. The minimum atomic E-state index is -0.368. The first-order valence-electron chi connectivity index (χ1n) is 7.34. The van der Waals surface area contributed by atoms with Crippen LogP contribution in [0.15, 0.2) is 5.38 Å². The second-order valence-corrected chi connectivity index (χ2v) is 6.65. The van der Waals surface area contributed by atoms with Crippen molar-refractivity contribution in [1.82, 2.24) is 5.32 Å². The number of aryl methyl sites for hydroxylation is 1. The van der Waals surface area contributed by atoms with Gasteiger partial charge in [-0.3, -0.25) is 4.79 Å². The standard InChI is InChI=1S/C15H21NO2S/c17-13-7-3-2-6-12(13)16-15(18)11-9-19-14-8-4-1-5-10(11)14/h9,12-13,17H,1-8H2,(H,16,18). The van der Waals surface area contributed by atoms with E-state index in [0.29, 0.717) is 0 Å². The molecule has 2 N–H and O–H groups in total. The van der Waals surface area contributed by atoms with Crippen molar-refractivity contribution in [2.45, 2.75) is 63.5 Å². The van der Waals surface area contributed by atoms with Gasteiger partial charge in [0.05, 0.1) is 17.7 Å². The molecule has 0 spiro atoms. The molecule has 1 amide bonds. The molecule has 2 unspecified atom stereocenters. The van der Waals surface area contributed by atoms with Crippen molar-refractivity contribution >= 4 is 17.2 Å². The summed E-state index contributed by atoms with van der Waals surface area (Å²) < 4.78 is 0. The summed E-state index contributed by atoms with van der Waals surface area (Å²) in [7, 11) is 0. The van der Waals surface area contributed by atoms with Gasteiger partial charge in [0.25, 0.3) is 5.91 Å². The van der Waals surface area contributed by atoms with Gasteiger partial charge in [0.1, 0.15) is 0 Å². The molecule has 0 aromatic carbocycles. The Morgan fingerprint density at radius 2 is 2.00 bits per heavy atom. The molecule has 1 aromatic rings. The van der Waals surface area contributed by atoms with Gasteiger partial charge in [-0.1, -0.05) is 12.8 Å². The zero-order chi connectivity index (χ0) is 13.2. The summed E-state index contributed by atoms with van der Waals surface area (Å²) in [6.45, 7) is 0. The van der Waals surface area contributed by atoms with E-state index in [1.54, 1.807) is 11.3 Å². The van der Waals surface area contributed by atoms with Gasteiger partial charge in [0.15, 0.2) is 0 Å². The highest BCUT2D eigenvalue weighted by atomic mass is 32.1. The maximum absolute atomic E-state index is 12.4. The van der Waals surface area contributed by atoms with Crippen molar-refractivity contribution in [2.75, 3.05) is 0 Å². The van der Waals surface area contributed by atoms with Crippen molar-refractivity contribution in [3.63, 3.8) is 0 Å². The fraction of sp³-hybridized carbons (Fsp3) is 0.667. The molecule has 2 atom stereocenters. The highest BCUT2D eigenvalue weighted by Gasteiger charge is 2.27. The van der Waals surface area contributed by atoms with Crippen LogP contribution in [0.3, 0.4) is 0 Å². The van der Waals surface area contributed by atoms with Crippen LogP contribution in [0.5, 0.6) is 0 Å². The van der Waals surface area contributed by atoms with E-state index in [2.05, 4.69) is 5.32 Å². The molecule has 2 aliphatic carbocycles. The van der Waals surface area contributed by atoms with Crippen LogP contribution in [0.1, 0.15) is 59.3 Å². The smallest absolute Gasteiger partial charge is 0.252 e. The van der Waals surface area contributed by atoms with Gasteiger partial charge in [-0.2, -0.15) is 0 Å². The van der Waals surface area contributed by atoms with E-state index in [-0.39, 0.29) is 18.1 Å². The van der Waals surface area contributed by atoms with Crippen LogP contribution >= 0.6 is 11.3 Å². The Labute approximate surface area is 118 Å². The number of thiophene rings is 1. The Hall–Kier alpha value is -0.870. The average Bonchev–Trinajstić information content (AvgIpc) is 2.85. The maximum Gasteiger partial charge on any atom is 0.252 e. The van der Waals surface area contributed by atoms with E-state index in [4.69, 9.17) is 0 Å². The number of amides is 1. The highest BCUT2D eigenvalue weighted by molar-refractivity contribution is 7.10. The predicted octanol–water partition coefficient (Wildman–Crippen LogP) is 2.66. The summed E-state index contributed by atoms with van der Waals surface area (Å²) in [5, 5.41) is 15.0. The number of fused-ring (bicyclic) bond motifs is 1. The Balaban J connectivity index is 1.71. The van der Waals surface area contributed by atoms with Gasteiger partial charge < -0.3 is 10.4 Å². The van der Waals surface area contributed by atoms with Gasteiger partial charge in [-0.25, -0.2) is 0 Å². The lowest BCUT2D eigenvalue weighted by molar-refractivity contribution is 0.0717. The lowest BCUT2D eigenvalue weighted by Crippen LogP contribution is -2.45. The molecule has 0 saturated heterocycles. The van der Waals surface area contributed by atoms with E-state index < -0.39 is 0 Å². The Morgan fingerprint density at radius 1 is 1.21 bits per heavy atom. The van der Waals surface area contributed by atoms with Crippen LogP contribution < -0.4 is 5.32 Å². The first-order valence-corrected chi connectivity index (χ1v) is 8.22. The van der Waals surface area contributed by atoms with Crippen LogP contribution in [-0.2, 0) is 12.8 Å². The lowest BCUT2D eigenvalue weighted by Gasteiger charge is -2.28. The van der Waals surface area contributed by atoms with Gasteiger partial charge in [0.2, 0.25) is 0 Å². The summed E-state index contributed by atoms with van der Waals surface area (Å²) in [4.78, 5) is 13.8. The lowest BCUT2D eigenvalue weighted by atomic mass is 9.91. The summed E-state index contributed by atoms with van der Waals surface area (Å²) in [6.07, 6.45) is 8.11. The Bertz CT molecular complexity index is 469. The summed E-state index contributed by atoms with van der Waals surface area (Å²) in [5.41, 5.74) is 2.12. The zero-order valence-corrected chi connectivity index (χ0v) is 12.0. The van der Waals surface area contributed by atoms with Crippen LogP contribution in [0.4, 0.5) is 0 Å². The Morgan fingerprint density at radius 3 is 2.84 bits per heavy atom. The van der Waals surface area contributed by atoms with Crippen LogP contribution in [0.25, 0.3) is 0 Å². The number of carbonyl (C=O) groups excluding carboxylic acids is 1.